The molecule has 0 radical (unpaired) electrons. The molecule has 1 N–H and O–H groups in total. The summed E-state index contributed by atoms with van der Waals surface area (Å²) < 4.78 is 2.87. The molecule has 0 saturated carbocycles. The number of para-hydroxylation sites is 2. The molecule has 0 atom stereocenters. The first-order valence-electron chi connectivity index (χ1n) is 8.26. The highest BCUT2D eigenvalue weighted by Gasteiger charge is 2.13. The van der Waals surface area contributed by atoms with Crippen LogP contribution in [0, 0.1) is 26.2 Å². The van der Waals surface area contributed by atoms with E-state index in [0.29, 0.717) is 18.7 Å². The maximum Gasteiger partial charge on any atom is 0.266 e. The van der Waals surface area contributed by atoms with Crippen LogP contribution in [0.3, 0.4) is 0 Å². The van der Waals surface area contributed by atoms with E-state index in [1.54, 1.807) is 12.1 Å². The second-order valence-corrected chi connectivity index (χ2v) is 6.97. The van der Waals surface area contributed by atoms with Gasteiger partial charge in [0, 0.05) is 32.8 Å². The van der Waals surface area contributed by atoms with Crippen molar-refractivity contribution in [2.24, 2.45) is 0 Å². The van der Waals surface area contributed by atoms with Gasteiger partial charge in [-0.3, -0.25) is 4.79 Å². The normalized spacial score (nSPS) is 11.0. The highest BCUT2D eigenvalue weighted by atomic mass is 127. The molecule has 5 nitrogen and oxygen atoms in total. The molecule has 0 spiro atoms. The topological polar surface area (TPSA) is 81.6 Å². The summed E-state index contributed by atoms with van der Waals surface area (Å²) in [5, 5.41) is 22.1. The van der Waals surface area contributed by atoms with Gasteiger partial charge in [0.15, 0.2) is 0 Å². The first-order valence-corrected chi connectivity index (χ1v) is 9.34. The van der Waals surface area contributed by atoms with Crippen LogP contribution in [0.5, 0.6) is 0 Å². The number of nitrogens with zero attached hydrogens (tertiary/aromatic N) is 3. The lowest BCUT2D eigenvalue weighted by atomic mass is 10.1. The molecule has 6 heteroatoms. The maximum absolute atomic E-state index is 12.6. The molecule has 3 rings (SSSR count). The lowest BCUT2D eigenvalue weighted by Gasteiger charge is -2.06. The molecule has 0 aliphatic rings. The number of aryl methyl sites for hydroxylation is 1. The molecule has 0 saturated heterocycles. The molecular formula is C21H15IN4O. The minimum atomic E-state index is -0.449. The van der Waals surface area contributed by atoms with Crippen molar-refractivity contribution < 1.29 is 4.79 Å². The number of rotatable bonds is 5. The van der Waals surface area contributed by atoms with E-state index in [0.717, 1.165) is 20.0 Å². The predicted molar refractivity (Wildman–Crippen MR) is 114 cm³/mol. The fourth-order valence-corrected chi connectivity index (χ4v) is 3.32. The molecule has 0 bridgehead atoms. The van der Waals surface area contributed by atoms with Crippen LogP contribution in [0.15, 0.2) is 60.3 Å². The smallest absolute Gasteiger partial charge is 0.266 e. The molecule has 0 unspecified atom stereocenters. The Morgan fingerprint density at radius 1 is 1.15 bits per heavy atom. The molecule has 1 heterocycles. The molecule has 1 aromatic heterocycles. The van der Waals surface area contributed by atoms with Crippen molar-refractivity contribution in [3.05, 3.63) is 69.4 Å². The Bertz CT molecular complexity index is 1120. The van der Waals surface area contributed by atoms with E-state index >= 15 is 0 Å². The maximum atomic E-state index is 12.6. The number of fused-ring (bicyclic) bond motifs is 1. The van der Waals surface area contributed by atoms with Gasteiger partial charge < -0.3 is 9.88 Å². The third-order valence-electron chi connectivity index (χ3n) is 4.07. The number of nitriles is 2. The summed E-state index contributed by atoms with van der Waals surface area (Å²) in [7, 11) is 0. The van der Waals surface area contributed by atoms with Crippen molar-refractivity contribution in [3.63, 3.8) is 0 Å². The summed E-state index contributed by atoms with van der Waals surface area (Å²) >= 11 is 2.13. The first-order chi connectivity index (χ1) is 13.1. The number of nitrogens with one attached hydrogen (secondary N) is 1. The number of anilines is 1. The van der Waals surface area contributed by atoms with Crippen LogP contribution < -0.4 is 5.32 Å². The lowest BCUT2D eigenvalue weighted by Crippen LogP contribution is -2.14. The Balaban J connectivity index is 1.96. The van der Waals surface area contributed by atoms with Crippen LogP contribution >= 0.6 is 22.6 Å². The van der Waals surface area contributed by atoms with Crippen LogP contribution in [0.2, 0.25) is 0 Å². The number of carbonyl (C=O) groups is 1. The van der Waals surface area contributed by atoms with E-state index in [1.807, 2.05) is 59.3 Å². The van der Waals surface area contributed by atoms with Gasteiger partial charge in [-0.2, -0.15) is 10.5 Å². The third-order valence-corrected chi connectivity index (χ3v) is 5.01. The zero-order valence-corrected chi connectivity index (χ0v) is 16.5. The zero-order chi connectivity index (χ0) is 19.2. The van der Waals surface area contributed by atoms with Gasteiger partial charge in [0.05, 0.1) is 18.2 Å². The van der Waals surface area contributed by atoms with Crippen molar-refractivity contribution in [2.75, 3.05) is 5.32 Å². The van der Waals surface area contributed by atoms with E-state index in [4.69, 9.17) is 5.26 Å². The van der Waals surface area contributed by atoms with Gasteiger partial charge >= 0.3 is 0 Å². The van der Waals surface area contributed by atoms with Crippen LogP contribution in [0.1, 0.15) is 12.0 Å². The average Bonchev–Trinajstić information content (AvgIpc) is 3.04. The largest absolute Gasteiger partial charge is 0.346 e. The SMILES string of the molecule is N#CCCn1cc(/C=C(\C#N)C(=O)Nc2ccccc2I)c2ccccc21. The Morgan fingerprint density at radius 3 is 2.63 bits per heavy atom. The fourth-order valence-electron chi connectivity index (χ4n) is 2.80. The van der Waals surface area contributed by atoms with Crippen LogP contribution in [-0.4, -0.2) is 10.5 Å². The van der Waals surface area contributed by atoms with Crippen LogP contribution in [0.25, 0.3) is 17.0 Å². The summed E-state index contributed by atoms with van der Waals surface area (Å²) in [6.07, 6.45) is 3.86. The molecule has 132 valence electrons. The predicted octanol–water partition coefficient (Wildman–Crippen LogP) is 4.71. The van der Waals surface area contributed by atoms with E-state index in [1.165, 1.54) is 0 Å². The number of carbonyl (C=O) groups excluding carboxylic acids is 1. The number of aromatic nitrogens is 1. The van der Waals surface area contributed by atoms with Crippen molar-refractivity contribution in [1.29, 1.82) is 10.5 Å². The van der Waals surface area contributed by atoms with Gasteiger partial charge in [0.1, 0.15) is 11.6 Å². The van der Waals surface area contributed by atoms with Gasteiger partial charge in [-0.05, 0) is 46.9 Å². The van der Waals surface area contributed by atoms with Crippen molar-refractivity contribution in [3.8, 4) is 12.1 Å². The molecule has 3 aromatic rings. The summed E-state index contributed by atoms with van der Waals surface area (Å²) in [6.45, 7) is 0.557. The summed E-state index contributed by atoms with van der Waals surface area (Å²) in [4.78, 5) is 12.6. The minimum Gasteiger partial charge on any atom is -0.346 e. The van der Waals surface area contributed by atoms with E-state index in [-0.39, 0.29) is 5.57 Å². The van der Waals surface area contributed by atoms with E-state index < -0.39 is 5.91 Å². The summed E-state index contributed by atoms with van der Waals surface area (Å²) in [5.74, 6) is -0.449. The molecule has 0 aliphatic carbocycles. The van der Waals surface area contributed by atoms with Gasteiger partial charge in [-0.25, -0.2) is 0 Å². The second kappa shape index (κ2) is 8.52. The van der Waals surface area contributed by atoms with Crippen molar-refractivity contribution >= 4 is 51.2 Å². The Morgan fingerprint density at radius 2 is 1.89 bits per heavy atom. The number of halogens is 1. The summed E-state index contributed by atoms with van der Waals surface area (Å²) in [5.41, 5.74) is 2.44. The molecule has 0 fully saturated rings. The fraction of sp³-hybridized carbons (Fsp3) is 0.0952. The average molecular weight is 466 g/mol. The Kier molecular flexibility index (Phi) is 5.90. The monoisotopic (exact) mass is 466 g/mol. The second-order valence-electron chi connectivity index (χ2n) is 5.81. The Hall–Kier alpha value is -3.10. The first kappa shape index (κ1) is 18.7. The summed E-state index contributed by atoms with van der Waals surface area (Å²) in [6, 6.07) is 19.3. The highest BCUT2D eigenvalue weighted by molar-refractivity contribution is 14.1. The molecule has 2 aromatic carbocycles. The minimum absolute atomic E-state index is 0.0258. The van der Waals surface area contributed by atoms with Crippen LogP contribution in [0.4, 0.5) is 5.69 Å². The molecule has 1 amide bonds. The number of hydrogen-bond donors (Lipinski definition) is 1. The molecule has 27 heavy (non-hydrogen) atoms. The third kappa shape index (κ3) is 4.18. The van der Waals surface area contributed by atoms with E-state index in [9.17, 15) is 10.1 Å². The number of benzene rings is 2. The zero-order valence-electron chi connectivity index (χ0n) is 14.3. The van der Waals surface area contributed by atoms with Gasteiger partial charge in [-0.15, -0.1) is 0 Å². The van der Waals surface area contributed by atoms with Gasteiger partial charge in [-0.1, -0.05) is 30.3 Å². The van der Waals surface area contributed by atoms with Crippen molar-refractivity contribution in [2.45, 2.75) is 13.0 Å². The van der Waals surface area contributed by atoms with E-state index in [2.05, 4.69) is 34.0 Å². The number of hydrogen-bond acceptors (Lipinski definition) is 3. The molecule has 0 aliphatic heterocycles. The van der Waals surface area contributed by atoms with Crippen LogP contribution in [-0.2, 0) is 11.3 Å². The number of amides is 1. The van der Waals surface area contributed by atoms with Gasteiger partial charge in [0.2, 0.25) is 0 Å². The van der Waals surface area contributed by atoms with Gasteiger partial charge in [0.25, 0.3) is 5.91 Å². The highest BCUT2D eigenvalue weighted by Crippen LogP contribution is 2.24. The molecular weight excluding hydrogens is 451 g/mol. The standard InChI is InChI=1S/C21H15IN4O/c22-18-7-2-3-8-19(18)25-21(27)15(13-24)12-16-14-26(11-5-10-23)20-9-4-1-6-17(16)20/h1-4,6-9,12,14H,5,11H2,(H,25,27)/b15-12+. The Labute approximate surface area is 170 Å². The van der Waals surface area contributed by atoms with Crippen molar-refractivity contribution in [1.82, 2.24) is 4.57 Å². The lowest BCUT2D eigenvalue weighted by molar-refractivity contribution is -0.112. The quantitative estimate of drug-likeness (QED) is 0.336.